The van der Waals surface area contributed by atoms with Gasteiger partial charge in [-0.25, -0.2) is 4.98 Å². The summed E-state index contributed by atoms with van der Waals surface area (Å²) >= 11 is 0. The van der Waals surface area contributed by atoms with Crippen LogP contribution in [0.15, 0.2) is 189 Å². The third kappa shape index (κ3) is 4.39. The average molecular weight is 708 g/mol. The number of hydrogen-bond acceptors (Lipinski definition) is 5. The quantitative estimate of drug-likeness (QED) is 0.178. The van der Waals surface area contributed by atoms with Gasteiger partial charge in [0.2, 0.25) is 5.89 Å². The van der Waals surface area contributed by atoms with E-state index in [0.717, 1.165) is 99.5 Å². The van der Waals surface area contributed by atoms with Crippen LogP contribution in [0.1, 0.15) is 0 Å². The van der Waals surface area contributed by atoms with Crippen LogP contribution in [-0.4, -0.2) is 9.55 Å². The average Bonchev–Trinajstić information content (AvgIpc) is 4.01. The summed E-state index contributed by atoms with van der Waals surface area (Å²) in [5.41, 5.74) is 11.8. The predicted molar refractivity (Wildman–Crippen MR) is 223 cm³/mol. The van der Waals surface area contributed by atoms with Crippen molar-refractivity contribution in [2.45, 2.75) is 0 Å². The highest BCUT2D eigenvalue weighted by Crippen LogP contribution is 2.50. The number of aromatic nitrogens is 2. The van der Waals surface area contributed by atoms with Gasteiger partial charge in [-0.3, -0.25) is 0 Å². The lowest BCUT2D eigenvalue weighted by atomic mass is 10.0. The summed E-state index contributed by atoms with van der Waals surface area (Å²) in [7, 11) is 0. The lowest BCUT2D eigenvalue weighted by Gasteiger charge is -2.27. The van der Waals surface area contributed by atoms with Gasteiger partial charge in [0, 0.05) is 44.2 Å². The fourth-order valence-corrected chi connectivity index (χ4v) is 8.46. The third-order valence-electron chi connectivity index (χ3n) is 10.8. The van der Waals surface area contributed by atoms with Crippen molar-refractivity contribution in [2.75, 3.05) is 4.90 Å². The van der Waals surface area contributed by atoms with E-state index in [1.54, 1.807) is 0 Å². The lowest BCUT2D eigenvalue weighted by molar-refractivity contribution is 0.617. The number of anilines is 3. The molecule has 0 radical (unpaired) electrons. The van der Waals surface area contributed by atoms with Gasteiger partial charge in [0.05, 0.1) is 33.5 Å². The van der Waals surface area contributed by atoms with Crippen LogP contribution < -0.4 is 4.90 Å². The van der Waals surface area contributed by atoms with Gasteiger partial charge in [-0.1, -0.05) is 97.1 Å². The molecule has 0 aliphatic heterocycles. The first-order valence-electron chi connectivity index (χ1n) is 18.4. The molecular weight excluding hydrogens is 679 g/mol. The van der Waals surface area contributed by atoms with E-state index < -0.39 is 0 Å². The van der Waals surface area contributed by atoms with Crippen molar-refractivity contribution < 1.29 is 13.3 Å². The lowest BCUT2D eigenvalue weighted by Crippen LogP contribution is -2.11. The van der Waals surface area contributed by atoms with Crippen LogP contribution in [0, 0.1) is 0 Å². The topological polar surface area (TPSA) is 60.5 Å². The van der Waals surface area contributed by atoms with Crippen molar-refractivity contribution in [3.63, 3.8) is 0 Å². The molecule has 258 valence electrons. The van der Waals surface area contributed by atoms with E-state index in [1.807, 2.05) is 54.6 Å². The minimum Gasteiger partial charge on any atom is -0.456 e. The number of hydrogen-bond donors (Lipinski definition) is 0. The summed E-state index contributed by atoms with van der Waals surface area (Å²) in [6.45, 7) is 0. The van der Waals surface area contributed by atoms with Gasteiger partial charge in [0.15, 0.2) is 11.2 Å². The maximum absolute atomic E-state index is 6.77. The summed E-state index contributed by atoms with van der Waals surface area (Å²) in [5, 5.41) is 6.34. The fourth-order valence-electron chi connectivity index (χ4n) is 8.46. The highest BCUT2D eigenvalue weighted by Gasteiger charge is 2.27. The number of fused-ring (bicyclic) bond motifs is 10. The SMILES string of the molecule is c1ccc(-c2nc3cc4c(cc3o2)oc2cccc(N(c3cccc5c3oc3ccccc35)c3cccc5c3c3ccccc3n5-c3ccccc3)c24)cc1. The molecule has 0 atom stereocenters. The van der Waals surface area contributed by atoms with E-state index in [0.29, 0.717) is 11.5 Å². The molecule has 12 rings (SSSR count). The largest absolute Gasteiger partial charge is 0.456 e. The van der Waals surface area contributed by atoms with Gasteiger partial charge >= 0.3 is 0 Å². The molecule has 8 aromatic carbocycles. The smallest absolute Gasteiger partial charge is 0.227 e. The summed E-state index contributed by atoms with van der Waals surface area (Å²) in [6.07, 6.45) is 0. The monoisotopic (exact) mass is 707 g/mol. The number of para-hydroxylation sites is 4. The Labute approximate surface area is 313 Å². The molecule has 55 heavy (non-hydrogen) atoms. The van der Waals surface area contributed by atoms with Crippen molar-refractivity contribution in [2.24, 2.45) is 0 Å². The Bertz CT molecular complexity index is 3440. The van der Waals surface area contributed by atoms with Gasteiger partial charge in [-0.15, -0.1) is 0 Å². The Morgan fingerprint density at radius 3 is 1.95 bits per heavy atom. The number of benzene rings is 8. The Morgan fingerprint density at radius 1 is 0.418 bits per heavy atom. The maximum atomic E-state index is 6.77. The Kier molecular flexibility index (Phi) is 6.24. The summed E-state index contributed by atoms with van der Waals surface area (Å²) in [5.74, 6) is 0.576. The standard InChI is InChI=1S/C49H29N3O3/c1-3-14-30(15-4-1)49-50-36-28-35-44(29-45(36)55-49)53-43-27-13-24-40(47(35)43)52(41-25-11-20-33-32-18-8-10-26-42(32)54-48(33)41)39-23-12-22-38-46(39)34-19-7-9-21-37(34)51(38)31-16-5-2-6-17-31/h1-29H. The molecule has 0 fully saturated rings. The minimum absolute atomic E-state index is 0.576. The van der Waals surface area contributed by atoms with E-state index in [1.165, 1.54) is 0 Å². The molecular formula is C49H29N3O3. The van der Waals surface area contributed by atoms with Crippen LogP contribution >= 0.6 is 0 Å². The zero-order valence-electron chi connectivity index (χ0n) is 29.3. The Balaban J connectivity index is 1.20. The van der Waals surface area contributed by atoms with Crippen LogP contribution in [-0.2, 0) is 0 Å². The zero-order valence-corrected chi connectivity index (χ0v) is 29.3. The third-order valence-corrected chi connectivity index (χ3v) is 10.8. The number of furan rings is 2. The molecule has 6 nitrogen and oxygen atoms in total. The molecule has 0 aliphatic carbocycles. The molecule has 4 aromatic heterocycles. The summed E-state index contributed by atoms with van der Waals surface area (Å²) < 4.78 is 22.1. The first-order chi connectivity index (χ1) is 27.3. The van der Waals surface area contributed by atoms with E-state index in [2.05, 4.69) is 131 Å². The van der Waals surface area contributed by atoms with Crippen molar-refractivity contribution in [3.05, 3.63) is 176 Å². The molecule has 0 unspecified atom stereocenters. The van der Waals surface area contributed by atoms with Crippen molar-refractivity contribution >= 4 is 93.8 Å². The number of nitrogens with zero attached hydrogens (tertiary/aromatic N) is 3. The van der Waals surface area contributed by atoms with Gasteiger partial charge in [-0.05, 0) is 72.8 Å². The number of rotatable bonds is 5. The van der Waals surface area contributed by atoms with Crippen molar-refractivity contribution in [1.29, 1.82) is 0 Å². The molecule has 6 heteroatoms. The number of oxazole rings is 1. The van der Waals surface area contributed by atoms with Crippen molar-refractivity contribution in [1.82, 2.24) is 9.55 Å². The van der Waals surface area contributed by atoms with Gasteiger partial charge < -0.3 is 22.7 Å². The maximum Gasteiger partial charge on any atom is 0.227 e. The first kappa shape index (κ1) is 29.9. The van der Waals surface area contributed by atoms with Crippen LogP contribution in [0.5, 0.6) is 0 Å². The van der Waals surface area contributed by atoms with Crippen LogP contribution in [0.25, 0.3) is 93.9 Å². The van der Waals surface area contributed by atoms with Gasteiger partial charge in [-0.2, -0.15) is 0 Å². The second-order valence-corrected chi connectivity index (χ2v) is 13.9. The summed E-state index contributed by atoms with van der Waals surface area (Å²) in [4.78, 5) is 7.30. The van der Waals surface area contributed by atoms with Gasteiger partial charge in [0.1, 0.15) is 22.3 Å². The molecule has 0 bridgehead atoms. The van der Waals surface area contributed by atoms with Gasteiger partial charge in [0.25, 0.3) is 0 Å². The molecule has 0 saturated heterocycles. The summed E-state index contributed by atoms with van der Waals surface area (Å²) in [6, 6.07) is 60.8. The second kappa shape index (κ2) is 11.5. The van der Waals surface area contributed by atoms with Crippen LogP contribution in [0.3, 0.4) is 0 Å². The molecule has 12 aromatic rings. The van der Waals surface area contributed by atoms with E-state index in [-0.39, 0.29) is 0 Å². The molecule has 0 aliphatic rings. The Morgan fingerprint density at radius 2 is 1.07 bits per heavy atom. The molecule has 0 saturated carbocycles. The predicted octanol–water partition coefficient (Wildman–Crippen LogP) is 13.9. The van der Waals surface area contributed by atoms with E-state index >= 15 is 0 Å². The molecule has 4 heterocycles. The van der Waals surface area contributed by atoms with E-state index in [9.17, 15) is 0 Å². The first-order valence-corrected chi connectivity index (χ1v) is 18.4. The van der Waals surface area contributed by atoms with Crippen LogP contribution in [0.2, 0.25) is 0 Å². The Hall–Kier alpha value is -7.57. The highest BCUT2D eigenvalue weighted by atomic mass is 16.4. The van der Waals surface area contributed by atoms with E-state index in [4.69, 9.17) is 18.2 Å². The minimum atomic E-state index is 0.576. The zero-order chi connectivity index (χ0) is 36.0. The molecule has 0 spiro atoms. The van der Waals surface area contributed by atoms with Crippen molar-refractivity contribution in [3.8, 4) is 17.1 Å². The highest BCUT2D eigenvalue weighted by molar-refractivity contribution is 6.22. The normalized spacial score (nSPS) is 12.0. The molecule has 0 N–H and O–H groups in total. The molecule has 0 amide bonds. The second-order valence-electron chi connectivity index (χ2n) is 13.9. The fraction of sp³-hybridized carbons (Fsp3) is 0. The van der Waals surface area contributed by atoms with Crippen LogP contribution in [0.4, 0.5) is 17.1 Å².